The Kier molecular flexibility index (Phi) is 9.48. The molecule has 0 radical (unpaired) electrons. The van der Waals surface area contributed by atoms with Gasteiger partial charge in [-0.25, -0.2) is 19.2 Å². The molecule has 2 unspecified atom stereocenters. The first-order chi connectivity index (χ1) is 20.0. The van der Waals surface area contributed by atoms with E-state index < -0.39 is 6.16 Å². The smallest absolute Gasteiger partial charge is 0.487 e. The Morgan fingerprint density at radius 3 is 2.95 bits per heavy atom. The van der Waals surface area contributed by atoms with Gasteiger partial charge in [0.05, 0.1) is 32.8 Å². The molecule has 1 saturated heterocycles. The van der Waals surface area contributed by atoms with Gasteiger partial charge in [-0.15, -0.1) is 11.3 Å². The molecular weight excluding hydrogens is 571 g/mol. The van der Waals surface area contributed by atoms with E-state index in [0.29, 0.717) is 41.7 Å². The lowest BCUT2D eigenvalue weighted by molar-refractivity contribution is 0.0159. The van der Waals surface area contributed by atoms with Crippen molar-refractivity contribution in [1.29, 1.82) is 0 Å². The van der Waals surface area contributed by atoms with Crippen molar-refractivity contribution >= 4 is 50.8 Å². The van der Waals surface area contributed by atoms with E-state index in [4.69, 9.17) is 30.5 Å². The highest BCUT2D eigenvalue weighted by Crippen LogP contribution is 2.33. The first-order valence-electron chi connectivity index (χ1n) is 12.7. The predicted molar refractivity (Wildman–Crippen MR) is 154 cm³/mol. The zero-order chi connectivity index (χ0) is 28.6. The molecule has 2 N–H and O–H groups in total. The van der Waals surface area contributed by atoms with Crippen LogP contribution in [-0.2, 0) is 20.8 Å². The van der Waals surface area contributed by atoms with Crippen molar-refractivity contribution in [1.82, 2.24) is 15.3 Å². The van der Waals surface area contributed by atoms with Gasteiger partial charge in [-0.2, -0.15) is 0 Å². The Hall–Kier alpha value is -3.95. The molecule has 2 atom stereocenters. The van der Waals surface area contributed by atoms with Crippen molar-refractivity contribution in [3.05, 3.63) is 76.1 Å². The zero-order valence-corrected chi connectivity index (χ0v) is 23.6. The average Bonchev–Trinajstić information content (AvgIpc) is 3.59. The summed E-state index contributed by atoms with van der Waals surface area (Å²) in [7, 11) is 1.53. The van der Waals surface area contributed by atoms with E-state index in [1.807, 2.05) is 12.1 Å². The van der Waals surface area contributed by atoms with E-state index in [1.54, 1.807) is 24.3 Å². The van der Waals surface area contributed by atoms with Crippen LogP contribution in [0.3, 0.4) is 0 Å². The molecule has 2 aromatic carbocycles. The molecule has 1 aliphatic heterocycles. The normalized spacial score (nSPS) is 16.2. The van der Waals surface area contributed by atoms with Crippen LogP contribution in [0.5, 0.6) is 5.75 Å². The summed E-state index contributed by atoms with van der Waals surface area (Å²) < 4.78 is 35.1. The molecule has 9 nitrogen and oxygen atoms in total. The summed E-state index contributed by atoms with van der Waals surface area (Å²) in [6.45, 7) is 1.16. The molecule has 2 aromatic heterocycles. The van der Waals surface area contributed by atoms with Crippen LogP contribution in [0.15, 0.2) is 54.9 Å². The van der Waals surface area contributed by atoms with Gasteiger partial charge in [-0.3, -0.25) is 5.32 Å². The van der Waals surface area contributed by atoms with Gasteiger partial charge >= 0.3 is 6.16 Å². The van der Waals surface area contributed by atoms with Crippen molar-refractivity contribution in [2.45, 2.75) is 25.2 Å². The lowest BCUT2D eigenvalue weighted by atomic mass is 10.2. The Bertz CT molecular complexity index is 1590. The largest absolute Gasteiger partial charge is 0.508 e. The van der Waals surface area contributed by atoms with E-state index in [0.717, 1.165) is 20.8 Å². The fourth-order valence-electron chi connectivity index (χ4n) is 4.06. The number of halogens is 2. The first kappa shape index (κ1) is 28.6. The predicted octanol–water partition coefficient (Wildman–Crippen LogP) is 5.69. The minimum atomic E-state index is -0.710. The first-order valence-corrected chi connectivity index (χ1v) is 13.9. The van der Waals surface area contributed by atoms with E-state index in [9.17, 15) is 9.18 Å². The quantitative estimate of drug-likeness (QED) is 0.143. The molecule has 1 aliphatic rings. The molecule has 3 heterocycles. The van der Waals surface area contributed by atoms with Gasteiger partial charge in [0.2, 0.25) is 0 Å². The Labute approximate surface area is 244 Å². The van der Waals surface area contributed by atoms with Gasteiger partial charge in [-0.1, -0.05) is 35.6 Å². The maximum atomic E-state index is 13.4. The molecule has 0 saturated carbocycles. The van der Waals surface area contributed by atoms with Crippen LogP contribution in [0.4, 0.5) is 20.7 Å². The van der Waals surface area contributed by atoms with E-state index in [1.165, 1.54) is 36.9 Å². The molecule has 5 rings (SSSR count). The molecule has 4 aromatic rings. The van der Waals surface area contributed by atoms with Gasteiger partial charge < -0.3 is 24.3 Å². The van der Waals surface area contributed by atoms with Crippen LogP contribution < -0.4 is 15.4 Å². The Morgan fingerprint density at radius 2 is 2.12 bits per heavy atom. The number of carbonyl (C=O) groups is 1. The lowest BCUT2D eigenvalue weighted by Gasteiger charge is -2.11. The Balaban J connectivity index is 1.20. The topological polar surface area (TPSA) is 104 Å². The van der Waals surface area contributed by atoms with Crippen LogP contribution in [0.1, 0.15) is 16.9 Å². The molecule has 12 heteroatoms. The van der Waals surface area contributed by atoms with Gasteiger partial charge in [0.25, 0.3) is 0 Å². The molecular formula is C29H26ClFN4O5S. The molecule has 0 aliphatic carbocycles. The number of anilines is 2. The van der Waals surface area contributed by atoms with Crippen molar-refractivity contribution < 1.29 is 28.1 Å². The summed E-state index contributed by atoms with van der Waals surface area (Å²) in [4.78, 5) is 21.3. The van der Waals surface area contributed by atoms with Gasteiger partial charge in [0.15, 0.2) is 5.82 Å². The maximum absolute atomic E-state index is 13.4. The van der Waals surface area contributed by atoms with E-state index in [2.05, 4.69) is 32.4 Å². The number of methoxy groups -OCH3 is 1. The molecule has 0 amide bonds. The van der Waals surface area contributed by atoms with Gasteiger partial charge in [-0.05, 0) is 42.0 Å². The highest BCUT2D eigenvalue weighted by molar-refractivity contribution is 7.20. The summed E-state index contributed by atoms with van der Waals surface area (Å²) in [5.74, 6) is 7.18. The minimum Gasteiger partial charge on any atom is -0.487 e. The fraction of sp³-hybridized carbons (Fsp3) is 0.276. The van der Waals surface area contributed by atoms with Crippen LogP contribution in [-0.4, -0.2) is 55.1 Å². The minimum absolute atomic E-state index is 0.121. The summed E-state index contributed by atoms with van der Waals surface area (Å²) in [6.07, 6.45) is 1.03. The third kappa shape index (κ3) is 7.83. The summed E-state index contributed by atoms with van der Waals surface area (Å²) in [5, 5.41) is 6.95. The number of rotatable bonds is 9. The number of aromatic nitrogens is 2. The number of nitrogens with one attached hydrogen (secondary N) is 2. The van der Waals surface area contributed by atoms with Crippen LogP contribution in [0, 0.1) is 17.7 Å². The lowest BCUT2D eigenvalue weighted by Crippen LogP contribution is -2.22. The van der Waals surface area contributed by atoms with E-state index >= 15 is 0 Å². The summed E-state index contributed by atoms with van der Waals surface area (Å²) in [6, 6.07) is 13.3. The molecule has 0 bridgehead atoms. The van der Waals surface area contributed by atoms with Crippen LogP contribution in [0.25, 0.3) is 10.2 Å². The fourth-order valence-corrected chi connectivity index (χ4v) is 5.22. The van der Waals surface area contributed by atoms with Crippen molar-refractivity contribution in [3.8, 4) is 17.6 Å². The number of benzene rings is 2. The van der Waals surface area contributed by atoms with Gasteiger partial charge in [0.1, 0.15) is 37.2 Å². The van der Waals surface area contributed by atoms with Crippen LogP contribution >= 0.6 is 22.9 Å². The third-order valence-electron chi connectivity index (χ3n) is 6.02. The van der Waals surface area contributed by atoms with Crippen LogP contribution in [0.2, 0.25) is 5.02 Å². The average molecular weight is 597 g/mol. The zero-order valence-electron chi connectivity index (χ0n) is 22.0. The Morgan fingerprint density at radius 1 is 1.22 bits per heavy atom. The second-order valence-corrected chi connectivity index (χ2v) is 10.5. The molecule has 0 spiro atoms. The van der Waals surface area contributed by atoms with Crippen molar-refractivity contribution in [2.24, 2.45) is 0 Å². The summed E-state index contributed by atoms with van der Waals surface area (Å²) in [5.41, 5.74) is 2.19. The number of carbonyl (C=O) groups excluding carboxylic acids is 1. The van der Waals surface area contributed by atoms with E-state index in [-0.39, 0.29) is 31.2 Å². The highest BCUT2D eigenvalue weighted by Gasteiger charge is 2.26. The van der Waals surface area contributed by atoms with Gasteiger partial charge in [0, 0.05) is 25.8 Å². The monoisotopic (exact) mass is 596 g/mol. The number of nitrogens with zero attached hydrogens (tertiary/aromatic N) is 2. The molecule has 41 heavy (non-hydrogen) atoms. The SMILES string of the molecule is COCCOC(=O)OC1CNC(C#Cc2cc3ncnc(Nc4ccc(OCc5cccc(F)c5)c(Cl)c4)c3s2)C1. The number of ether oxygens (including phenoxy) is 4. The highest BCUT2D eigenvalue weighted by atomic mass is 35.5. The summed E-state index contributed by atoms with van der Waals surface area (Å²) >= 11 is 7.92. The van der Waals surface area contributed by atoms with Crippen molar-refractivity contribution in [3.63, 3.8) is 0 Å². The molecule has 1 fully saturated rings. The third-order valence-corrected chi connectivity index (χ3v) is 7.36. The molecule has 212 valence electrons. The standard InChI is InChI=1S/C29H26ClFN4O5S/c1-37-9-10-38-29(36)40-22-12-20(32-15-22)5-7-23-14-25-27(41-23)28(34-17-33-25)35-21-6-8-26(24(30)13-21)39-16-18-3-2-4-19(31)11-18/h2-4,6,8,11,13-14,17,20,22,32H,9-10,12,15-16H2,1H3,(H,33,34,35). The maximum Gasteiger partial charge on any atom is 0.508 e. The van der Waals surface area contributed by atoms with Crippen molar-refractivity contribution in [2.75, 3.05) is 32.2 Å². The second kappa shape index (κ2) is 13.6. The number of fused-ring (bicyclic) bond motifs is 1. The second-order valence-electron chi connectivity index (χ2n) is 9.03. The number of hydrogen-bond donors (Lipinski definition) is 2. The number of hydrogen-bond acceptors (Lipinski definition) is 10. The number of thiophene rings is 1.